The van der Waals surface area contributed by atoms with Gasteiger partial charge in [-0.1, -0.05) is 11.8 Å². The van der Waals surface area contributed by atoms with Crippen LogP contribution in [0.1, 0.15) is 0 Å². The van der Waals surface area contributed by atoms with Crippen LogP contribution in [-0.4, -0.2) is 0 Å². The molecule has 0 fully saturated rings. The van der Waals surface area contributed by atoms with E-state index in [0.29, 0.717) is 4.90 Å². The van der Waals surface area contributed by atoms with Gasteiger partial charge in [-0.15, -0.1) is 0 Å². The van der Waals surface area contributed by atoms with Crippen LogP contribution >= 0.6 is 11.8 Å². The van der Waals surface area contributed by atoms with Crippen LogP contribution in [0, 0.1) is 17.5 Å². The Bertz CT molecular complexity index is 474. The SMILES string of the molecule is Fc1ccc(Sc2cc(F)cc(F)c2)cc1. The standard InChI is InChI=1S/C12H7F3S/c13-8-1-3-11(4-2-8)16-12-6-9(14)5-10(15)7-12/h1-7H. The van der Waals surface area contributed by atoms with Gasteiger partial charge in [-0.05, 0) is 36.4 Å². The highest BCUT2D eigenvalue weighted by molar-refractivity contribution is 7.99. The van der Waals surface area contributed by atoms with E-state index in [1.165, 1.54) is 36.0 Å². The van der Waals surface area contributed by atoms with Crippen molar-refractivity contribution in [1.82, 2.24) is 0 Å². The molecule has 16 heavy (non-hydrogen) atoms. The minimum atomic E-state index is -0.621. The number of hydrogen-bond acceptors (Lipinski definition) is 1. The van der Waals surface area contributed by atoms with E-state index in [1.807, 2.05) is 0 Å². The Morgan fingerprint density at radius 1 is 0.625 bits per heavy atom. The van der Waals surface area contributed by atoms with Crippen molar-refractivity contribution in [3.8, 4) is 0 Å². The maximum Gasteiger partial charge on any atom is 0.127 e. The summed E-state index contributed by atoms with van der Waals surface area (Å²) in [6.07, 6.45) is 0. The van der Waals surface area contributed by atoms with E-state index >= 15 is 0 Å². The maximum absolute atomic E-state index is 12.9. The van der Waals surface area contributed by atoms with Crippen molar-refractivity contribution in [1.29, 1.82) is 0 Å². The summed E-state index contributed by atoms with van der Waals surface area (Å²) in [6, 6.07) is 9.00. The molecule has 0 nitrogen and oxygen atoms in total. The van der Waals surface area contributed by atoms with Crippen LogP contribution in [0.4, 0.5) is 13.2 Å². The summed E-state index contributed by atoms with van der Waals surface area (Å²) in [5.41, 5.74) is 0. The number of benzene rings is 2. The Labute approximate surface area is 95.1 Å². The molecule has 0 spiro atoms. The zero-order valence-corrected chi connectivity index (χ0v) is 8.90. The maximum atomic E-state index is 12.9. The van der Waals surface area contributed by atoms with Gasteiger partial charge in [0.25, 0.3) is 0 Å². The Morgan fingerprint density at radius 2 is 1.19 bits per heavy atom. The summed E-state index contributed by atoms with van der Waals surface area (Å²) in [5.74, 6) is -1.58. The summed E-state index contributed by atoms with van der Waals surface area (Å²) < 4.78 is 38.4. The molecular formula is C12H7F3S. The summed E-state index contributed by atoms with van der Waals surface area (Å²) in [7, 11) is 0. The van der Waals surface area contributed by atoms with E-state index in [2.05, 4.69) is 0 Å². The van der Waals surface area contributed by atoms with Crippen LogP contribution < -0.4 is 0 Å². The molecule has 0 aliphatic rings. The van der Waals surface area contributed by atoms with Crippen molar-refractivity contribution >= 4 is 11.8 Å². The first-order valence-electron chi connectivity index (χ1n) is 4.53. The molecule has 0 radical (unpaired) electrons. The molecule has 0 saturated carbocycles. The fourth-order valence-electron chi connectivity index (χ4n) is 1.23. The normalized spacial score (nSPS) is 10.4. The smallest absolute Gasteiger partial charge is 0.127 e. The molecule has 0 N–H and O–H groups in total. The second kappa shape index (κ2) is 4.61. The van der Waals surface area contributed by atoms with E-state index in [4.69, 9.17) is 0 Å². The van der Waals surface area contributed by atoms with Gasteiger partial charge in [0.1, 0.15) is 17.5 Å². The largest absolute Gasteiger partial charge is 0.207 e. The van der Waals surface area contributed by atoms with E-state index in [9.17, 15) is 13.2 Å². The summed E-state index contributed by atoms with van der Waals surface area (Å²) in [6.45, 7) is 0. The third-order valence-electron chi connectivity index (χ3n) is 1.89. The van der Waals surface area contributed by atoms with Gasteiger partial charge < -0.3 is 0 Å². The average molecular weight is 240 g/mol. The number of halogens is 3. The minimum Gasteiger partial charge on any atom is -0.207 e. The third-order valence-corrected chi connectivity index (χ3v) is 2.86. The molecule has 0 unspecified atom stereocenters. The zero-order valence-electron chi connectivity index (χ0n) is 8.08. The first-order chi connectivity index (χ1) is 7.63. The molecule has 0 aromatic heterocycles. The van der Waals surface area contributed by atoms with Crippen molar-refractivity contribution in [2.24, 2.45) is 0 Å². The molecule has 82 valence electrons. The lowest BCUT2D eigenvalue weighted by Gasteiger charge is -2.02. The van der Waals surface area contributed by atoms with Crippen LogP contribution in [0.5, 0.6) is 0 Å². The van der Waals surface area contributed by atoms with Gasteiger partial charge in [0.15, 0.2) is 0 Å². The Hall–Kier alpha value is -1.42. The summed E-state index contributed by atoms with van der Waals surface area (Å²) in [5, 5.41) is 0. The highest BCUT2D eigenvalue weighted by atomic mass is 32.2. The van der Waals surface area contributed by atoms with Crippen LogP contribution in [0.15, 0.2) is 52.3 Å². The van der Waals surface area contributed by atoms with Gasteiger partial charge >= 0.3 is 0 Å². The van der Waals surface area contributed by atoms with Crippen molar-refractivity contribution in [2.45, 2.75) is 9.79 Å². The van der Waals surface area contributed by atoms with Crippen molar-refractivity contribution < 1.29 is 13.2 Å². The lowest BCUT2D eigenvalue weighted by atomic mass is 10.3. The zero-order chi connectivity index (χ0) is 11.5. The molecule has 4 heteroatoms. The molecule has 2 aromatic rings. The van der Waals surface area contributed by atoms with Gasteiger partial charge in [-0.2, -0.15) is 0 Å². The Kier molecular flexibility index (Phi) is 3.19. The Morgan fingerprint density at radius 3 is 1.75 bits per heavy atom. The second-order valence-electron chi connectivity index (χ2n) is 3.16. The highest BCUT2D eigenvalue weighted by Crippen LogP contribution is 2.28. The predicted octanol–water partition coefficient (Wildman–Crippen LogP) is 4.26. The molecule has 0 atom stereocenters. The van der Waals surface area contributed by atoms with E-state index in [1.54, 1.807) is 12.1 Å². The lowest BCUT2D eigenvalue weighted by Crippen LogP contribution is -1.81. The summed E-state index contributed by atoms with van der Waals surface area (Å²) in [4.78, 5) is 1.18. The Balaban J connectivity index is 2.23. The molecule has 0 aliphatic heterocycles. The monoisotopic (exact) mass is 240 g/mol. The first kappa shape index (κ1) is 11.1. The van der Waals surface area contributed by atoms with Crippen LogP contribution in [-0.2, 0) is 0 Å². The molecule has 0 heterocycles. The molecular weight excluding hydrogens is 233 g/mol. The molecule has 2 aromatic carbocycles. The van der Waals surface area contributed by atoms with E-state index < -0.39 is 11.6 Å². The number of rotatable bonds is 2. The quantitative estimate of drug-likeness (QED) is 0.756. The predicted molar refractivity (Wildman–Crippen MR) is 56.9 cm³/mol. The molecule has 2 rings (SSSR count). The molecule has 0 aliphatic carbocycles. The second-order valence-corrected chi connectivity index (χ2v) is 4.31. The van der Waals surface area contributed by atoms with Crippen molar-refractivity contribution in [2.75, 3.05) is 0 Å². The van der Waals surface area contributed by atoms with E-state index in [-0.39, 0.29) is 5.82 Å². The fourth-order valence-corrected chi connectivity index (χ4v) is 2.11. The van der Waals surface area contributed by atoms with Gasteiger partial charge in [0.2, 0.25) is 0 Å². The van der Waals surface area contributed by atoms with Gasteiger partial charge in [0.05, 0.1) is 0 Å². The van der Waals surface area contributed by atoms with Crippen LogP contribution in [0.3, 0.4) is 0 Å². The van der Waals surface area contributed by atoms with Crippen LogP contribution in [0.2, 0.25) is 0 Å². The highest BCUT2D eigenvalue weighted by Gasteiger charge is 2.02. The third kappa shape index (κ3) is 2.79. The summed E-state index contributed by atoms with van der Waals surface area (Å²) >= 11 is 1.18. The van der Waals surface area contributed by atoms with Crippen molar-refractivity contribution in [3.63, 3.8) is 0 Å². The topological polar surface area (TPSA) is 0 Å². The average Bonchev–Trinajstić information content (AvgIpc) is 2.20. The van der Waals surface area contributed by atoms with Gasteiger partial charge in [-0.25, -0.2) is 13.2 Å². The van der Waals surface area contributed by atoms with Crippen LogP contribution in [0.25, 0.3) is 0 Å². The minimum absolute atomic E-state index is 0.338. The van der Waals surface area contributed by atoms with Gasteiger partial charge in [0, 0.05) is 15.9 Å². The molecule has 0 saturated heterocycles. The lowest BCUT2D eigenvalue weighted by molar-refractivity contribution is 0.577. The number of hydrogen-bond donors (Lipinski definition) is 0. The fraction of sp³-hybridized carbons (Fsp3) is 0. The molecule has 0 bridgehead atoms. The van der Waals surface area contributed by atoms with Crippen molar-refractivity contribution in [3.05, 3.63) is 59.9 Å². The first-order valence-corrected chi connectivity index (χ1v) is 5.35. The molecule has 0 amide bonds. The van der Waals surface area contributed by atoms with Gasteiger partial charge in [-0.3, -0.25) is 0 Å². The van der Waals surface area contributed by atoms with E-state index in [0.717, 1.165) is 11.0 Å².